The minimum absolute atomic E-state index is 0.0447. The van der Waals surface area contributed by atoms with Crippen molar-refractivity contribution in [2.75, 3.05) is 13.2 Å². The minimum atomic E-state index is -1.10. The van der Waals surface area contributed by atoms with Gasteiger partial charge in [-0.05, 0) is 31.6 Å². The van der Waals surface area contributed by atoms with E-state index >= 15 is 0 Å². The van der Waals surface area contributed by atoms with Crippen LogP contribution in [0.3, 0.4) is 0 Å². The van der Waals surface area contributed by atoms with E-state index in [2.05, 4.69) is 5.32 Å². The first-order chi connectivity index (χ1) is 9.13. The van der Waals surface area contributed by atoms with E-state index in [1.54, 1.807) is 4.90 Å². The lowest BCUT2D eigenvalue weighted by atomic mass is 9.92. The van der Waals surface area contributed by atoms with E-state index in [9.17, 15) is 9.59 Å². The van der Waals surface area contributed by atoms with Crippen LogP contribution < -0.4 is 5.32 Å². The normalized spacial score (nSPS) is 27.7. The molecule has 6 nitrogen and oxygen atoms in total. The maximum absolute atomic E-state index is 12.2. The number of nitrogens with one attached hydrogen (secondary N) is 1. The van der Waals surface area contributed by atoms with E-state index in [4.69, 9.17) is 10.2 Å². The number of likely N-dealkylation sites (tertiary alicyclic amines) is 1. The highest BCUT2D eigenvalue weighted by atomic mass is 16.4. The standard InChI is InChI=1S/C13H22N2O4/c16-8-6-10(12(17)18)14-13(19)15-7-2-4-9-3-1-5-11(9)15/h9-11,16H,1-8H2,(H,14,19)(H,17,18)/t9?,10-,11?/m1/s1. The molecule has 0 aromatic rings. The number of carboxylic acids is 1. The highest BCUT2D eigenvalue weighted by Gasteiger charge is 2.38. The van der Waals surface area contributed by atoms with Crippen LogP contribution in [-0.2, 0) is 4.79 Å². The molecule has 2 unspecified atom stereocenters. The Balaban J connectivity index is 1.96. The van der Waals surface area contributed by atoms with Crippen LogP contribution in [0.15, 0.2) is 0 Å². The van der Waals surface area contributed by atoms with Gasteiger partial charge >= 0.3 is 12.0 Å². The van der Waals surface area contributed by atoms with Gasteiger partial charge in [0.25, 0.3) is 0 Å². The fourth-order valence-electron chi connectivity index (χ4n) is 3.32. The average Bonchev–Trinajstić information content (AvgIpc) is 2.85. The van der Waals surface area contributed by atoms with E-state index in [0.29, 0.717) is 12.5 Å². The summed E-state index contributed by atoms with van der Waals surface area (Å²) in [6, 6.07) is -1.02. The zero-order valence-electron chi connectivity index (χ0n) is 11.0. The Labute approximate surface area is 112 Å². The number of fused-ring (bicyclic) bond motifs is 1. The molecule has 3 atom stereocenters. The highest BCUT2D eigenvalue weighted by molar-refractivity contribution is 5.82. The van der Waals surface area contributed by atoms with E-state index in [0.717, 1.165) is 19.3 Å². The molecule has 2 amide bonds. The summed E-state index contributed by atoms with van der Waals surface area (Å²) in [5.41, 5.74) is 0. The van der Waals surface area contributed by atoms with E-state index < -0.39 is 12.0 Å². The van der Waals surface area contributed by atoms with Gasteiger partial charge in [-0.1, -0.05) is 6.42 Å². The summed E-state index contributed by atoms with van der Waals surface area (Å²) in [6.07, 6.45) is 5.56. The number of carbonyl (C=O) groups is 2. The predicted octanol–water partition coefficient (Wildman–Crippen LogP) is 0.796. The number of hydrogen-bond donors (Lipinski definition) is 3. The molecule has 0 spiro atoms. The first kappa shape index (κ1) is 14.1. The molecule has 1 saturated carbocycles. The SMILES string of the molecule is O=C(O)[C@@H](CCO)NC(=O)N1CCCC2CCCC21. The number of piperidine rings is 1. The van der Waals surface area contributed by atoms with Gasteiger partial charge in [0, 0.05) is 25.6 Å². The second-order valence-corrected chi connectivity index (χ2v) is 5.45. The average molecular weight is 270 g/mol. The molecule has 0 radical (unpaired) electrons. The number of aliphatic hydroxyl groups is 1. The fraction of sp³-hybridized carbons (Fsp3) is 0.846. The molecule has 1 aliphatic carbocycles. The maximum Gasteiger partial charge on any atom is 0.326 e. The molecule has 19 heavy (non-hydrogen) atoms. The summed E-state index contributed by atoms with van der Waals surface area (Å²) >= 11 is 0. The van der Waals surface area contributed by atoms with Crippen LogP contribution in [-0.4, -0.2) is 52.3 Å². The Bertz CT molecular complexity index is 348. The number of carboxylic acid groups (broad SMARTS) is 1. The van der Waals surface area contributed by atoms with Crippen LogP contribution in [0.25, 0.3) is 0 Å². The maximum atomic E-state index is 12.2. The lowest BCUT2D eigenvalue weighted by Crippen LogP contribution is -2.54. The number of amides is 2. The van der Waals surface area contributed by atoms with Crippen molar-refractivity contribution in [2.45, 2.75) is 50.6 Å². The zero-order chi connectivity index (χ0) is 13.8. The van der Waals surface area contributed by atoms with Gasteiger partial charge in [-0.25, -0.2) is 9.59 Å². The highest BCUT2D eigenvalue weighted by Crippen LogP contribution is 2.36. The predicted molar refractivity (Wildman–Crippen MR) is 68.7 cm³/mol. The lowest BCUT2D eigenvalue weighted by molar-refractivity contribution is -0.139. The Hall–Kier alpha value is -1.30. The van der Waals surface area contributed by atoms with Gasteiger partial charge in [0.15, 0.2) is 0 Å². The monoisotopic (exact) mass is 270 g/mol. The van der Waals surface area contributed by atoms with Gasteiger partial charge in [-0.3, -0.25) is 0 Å². The van der Waals surface area contributed by atoms with Gasteiger partial charge in [-0.2, -0.15) is 0 Å². The molecular weight excluding hydrogens is 248 g/mol. The van der Waals surface area contributed by atoms with Gasteiger partial charge < -0.3 is 20.4 Å². The van der Waals surface area contributed by atoms with E-state index in [1.165, 1.54) is 12.8 Å². The van der Waals surface area contributed by atoms with Gasteiger partial charge in [0.05, 0.1) is 0 Å². The summed E-state index contributed by atoms with van der Waals surface area (Å²) < 4.78 is 0. The zero-order valence-corrected chi connectivity index (χ0v) is 11.0. The molecule has 1 heterocycles. The molecule has 0 aromatic carbocycles. The third kappa shape index (κ3) is 3.18. The molecule has 2 rings (SSSR count). The molecule has 1 aliphatic heterocycles. The number of nitrogens with zero attached hydrogens (tertiary/aromatic N) is 1. The van der Waals surface area contributed by atoms with Crippen molar-refractivity contribution < 1.29 is 19.8 Å². The number of urea groups is 1. The second-order valence-electron chi connectivity index (χ2n) is 5.45. The first-order valence-electron chi connectivity index (χ1n) is 7.04. The molecule has 1 saturated heterocycles. The Morgan fingerprint density at radius 2 is 2.00 bits per heavy atom. The molecule has 0 bridgehead atoms. The van der Waals surface area contributed by atoms with Crippen LogP contribution in [0.2, 0.25) is 0 Å². The van der Waals surface area contributed by atoms with E-state index in [-0.39, 0.29) is 25.1 Å². The third-order valence-corrected chi connectivity index (χ3v) is 4.27. The molecule has 0 aromatic heterocycles. The van der Waals surface area contributed by atoms with Crippen molar-refractivity contribution in [1.82, 2.24) is 10.2 Å². The van der Waals surface area contributed by atoms with Crippen LogP contribution in [0, 0.1) is 5.92 Å². The Morgan fingerprint density at radius 3 is 2.68 bits per heavy atom. The molecule has 3 N–H and O–H groups in total. The van der Waals surface area contributed by atoms with Crippen molar-refractivity contribution in [2.24, 2.45) is 5.92 Å². The lowest BCUT2D eigenvalue weighted by Gasteiger charge is -2.38. The Kier molecular flexibility index (Phi) is 4.63. The first-order valence-corrected chi connectivity index (χ1v) is 7.04. The van der Waals surface area contributed by atoms with Crippen molar-refractivity contribution >= 4 is 12.0 Å². The quantitative estimate of drug-likeness (QED) is 0.704. The van der Waals surface area contributed by atoms with Crippen LogP contribution in [0.4, 0.5) is 4.79 Å². The van der Waals surface area contributed by atoms with Crippen LogP contribution in [0.5, 0.6) is 0 Å². The summed E-state index contributed by atoms with van der Waals surface area (Å²) in [6.45, 7) is 0.460. The number of aliphatic hydroxyl groups excluding tert-OH is 1. The van der Waals surface area contributed by atoms with Crippen molar-refractivity contribution in [3.63, 3.8) is 0 Å². The van der Waals surface area contributed by atoms with E-state index in [1.807, 2.05) is 0 Å². The smallest absolute Gasteiger partial charge is 0.326 e. The molecular formula is C13H22N2O4. The number of hydrogen-bond acceptors (Lipinski definition) is 3. The summed E-state index contributed by atoms with van der Waals surface area (Å²) in [5, 5.41) is 20.4. The van der Waals surface area contributed by atoms with Crippen molar-refractivity contribution in [1.29, 1.82) is 0 Å². The molecule has 2 aliphatic rings. The summed E-state index contributed by atoms with van der Waals surface area (Å²) in [7, 11) is 0. The largest absolute Gasteiger partial charge is 0.480 e. The van der Waals surface area contributed by atoms with Crippen molar-refractivity contribution in [3.8, 4) is 0 Å². The van der Waals surface area contributed by atoms with Crippen LogP contribution >= 0.6 is 0 Å². The molecule has 6 heteroatoms. The topological polar surface area (TPSA) is 89.9 Å². The second kappa shape index (κ2) is 6.23. The minimum Gasteiger partial charge on any atom is -0.480 e. The van der Waals surface area contributed by atoms with Crippen molar-refractivity contribution in [3.05, 3.63) is 0 Å². The van der Waals surface area contributed by atoms with Gasteiger partial charge in [0.1, 0.15) is 6.04 Å². The van der Waals surface area contributed by atoms with Gasteiger partial charge in [0.2, 0.25) is 0 Å². The molecule has 108 valence electrons. The molecule has 2 fully saturated rings. The van der Waals surface area contributed by atoms with Gasteiger partial charge in [-0.15, -0.1) is 0 Å². The number of carbonyl (C=O) groups excluding carboxylic acids is 1. The number of rotatable bonds is 4. The third-order valence-electron chi connectivity index (χ3n) is 4.27. The van der Waals surface area contributed by atoms with Crippen LogP contribution in [0.1, 0.15) is 38.5 Å². The Morgan fingerprint density at radius 1 is 1.26 bits per heavy atom. The number of aliphatic carboxylic acids is 1. The summed E-state index contributed by atoms with van der Waals surface area (Å²) in [5.74, 6) is -0.511. The summed E-state index contributed by atoms with van der Waals surface area (Å²) in [4.78, 5) is 25.0. The fourth-order valence-corrected chi connectivity index (χ4v) is 3.32.